The van der Waals surface area contributed by atoms with Crippen molar-refractivity contribution in [3.05, 3.63) is 12.2 Å². The molecule has 1 saturated carbocycles. The summed E-state index contributed by atoms with van der Waals surface area (Å²) in [5.74, 6) is 0.381. The molecule has 0 bridgehead atoms. The first kappa shape index (κ1) is 13.2. The van der Waals surface area contributed by atoms with Crippen LogP contribution >= 0.6 is 0 Å². The van der Waals surface area contributed by atoms with Crippen molar-refractivity contribution in [3.8, 4) is 0 Å². The Morgan fingerprint density at radius 2 is 1.94 bits per heavy atom. The van der Waals surface area contributed by atoms with Crippen molar-refractivity contribution in [2.75, 3.05) is 19.8 Å². The van der Waals surface area contributed by atoms with Gasteiger partial charge in [-0.15, -0.1) is 0 Å². The van der Waals surface area contributed by atoms with Gasteiger partial charge in [0.1, 0.15) is 6.61 Å². The molecule has 16 heavy (non-hydrogen) atoms. The molecule has 0 atom stereocenters. The molecular formula is C13H22O3. The van der Waals surface area contributed by atoms with Gasteiger partial charge in [-0.3, -0.25) is 0 Å². The lowest BCUT2D eigenvalue weighted by Crippen LogP contribution is -2.16. The van der Waals surface area contributed by atoms with Crippen molar-refractivity contribution in [3.63, 3.8) is 0 Å². The van der Waals surface area contributed by atoms with Crippen LogP contribution in [0.1, 0.15) is 39.0 Å². The van der Waals surface area contributed by atoms with Crippen LogP contribution in [0.15, 0.2) is 12.2 Å². The van der Waals surface area contributed by atoms with Crippen LogP contribution in [0.2, 0.25) is 0 Å². The molecule has 0 saturated heterocycles. The summed E-state index contributed by atoms with van der Waals surface area (Å²) in [6, 6.07) is 0. The molecule has 0 aromatic heterocycles. The second-order valence-corrected chi connectivity index (χ2v) is 4.50. The van der Waals surface area contributed by atoms with Crippen LogP contribution in [-0.2, 0) is 14.3 Å². The van der Waals surface area contributed by atoms with Crippen molar-refractivity contribution in [1.29, 1.82) is 0 Å². The van der Waals surface area contributed by atoms with Crippen LogP contribution in [0.3, 0.4) is 0 Å². The number of hydrogen-bond acceptors (Lipinski definition) is 3. The fraction of sp³-hybridized carbons (Fsp3) is 0.769. The zero-order valence-corrected chi connectivity index (χ0v) is 10.2. The van der Waals surface area contributed by atoms with Gasteiger partial charge in [-0.2, -0.15) is 0 Å². The summed E-state index contributed by atoms with van der Waals surface area (Å²) in [5.41, 5.74) is 0.437. The Morgan fingerprint density at radius 1 is 1.25 bits per heavy atom. The van der Waals surface area contributed by atoms with Crippen LogP contribution in [0.25, 0.3) is 0 Å². The first-order chi connectivity index (χ1) is 7.70. The zero-order chi connectivity index (χ0) is 11.8. The Bertz CT molecular complexity index is 229. The normalized spacial score (nSPS) is 17.1. The standard InChI is InChI=1S/C13H22O3/c1-11(2)13(14)16-9-8-15-10-12-6-4-3-5-7-12/h12H,1,3-10H2,2H3. The molecule has 0 spiro atoms. The maximum absolute atomic E-state index is 11.0. The van der Waals surface area contributed by atoms with Gasteiger partial charge in [0.2, 0.25) is 0 Å². The van der Waals surface area contributed by atoms with E-state index in [0.29, 0.717) is 24.7 Å². The van der Waals surface area contributed by atoms with Crippen molar-refractivity contribution in [1.82, 2.24) is 0 Å². The summed E-state index contributed by atoms with van der Waals surface area (Å²) in [6.45, 7) is 6.79. The minimum Gasteiger partial charge on any atom is -0.460 e. The Labute approximate surface area is 97.8 Å². The summed E-state index contributed by atoms with van der Waals surface area (Å²) in [5, 5.41) is 0. The van der Waals surface area contributed by atoms with Gasteiger partial charge in [0, 0.05) is 12.2 Å². The summed E-state index contributed by atoms with van der Waals surface area (Å²) in [7, 11) is 0. The first-order valence-electron chi connectivity index (χ1n) is 6.10. The van der Waals surface area contributed by atoms with Crippen molar-refractivity contribution in [2.24, 2.45) is 5.92 Å². The van der Waals surface area contributed by atoms with E-state index in [4.69, 9.17) is 9.47 Å². The van der Waals surface area contributed by atoms with Crippen LogP contribution in [-0.4, -0.2) is 25.8 Å². The Kier molecular flexibility index (Phi) is 6.16. The monoisotopic (exact) mass is 226 g/mol. The third-order valence-electron chi connectivity index (χ3n) is 2.89. The van der Waals surface area contributed by atoms with Crippen LogP contribution in [0.5, 0.6) is 0 Å². The Hall–Kier alpha value is -0.830. The van der Waals surface area contributed by atoms with Gasteiger partial charge in [0.15, 0.2) is 0 Å². The van der Waals surface area contributed by atoms with Gasteiger partial charge in [0.05, 0.1) is 6.61 Å². The van der Waals surface area contributed by atoms with Crippen LogP contribution in [0.4, 0.5) is 0 Å². The van der Waals surface area contributed by atoms with Crippen molar-refractivity contribution < 1.29 is 14.3 Å². The predicted molar refractivity (Wildman–Crippen MR) is 63.2 cm³/mol. The van der Waals surface area contributed by atoms with Crippen molar-refractivity contribution in [2.45, 2.75) is 39.0 Å². The molecular weight excluding hydrogens is 204 g/mol. The summed E-state index contributed by atoms with van der Waals surface area (Å²) >= 11 is 0. The molecule has 92 valence electrons. The van der Waals surface area contributed by atoms with E-state index in [0.717, 1.165) is 6.61 Å². The predicted octanol–water partition coefficient (Wildman–Crippen LogP) is 2.70. The molecule has 0 aliphatic heterocycles. The molecule has 1 rings (SSSR count). The van der Waals surface area contributed by atoms with E-state index < -0.39 is 0 Å². The molecule has 0 aromatic rings. The third-order valence-corrected chi connectivity index (χ3v) is 2.89. The highest BCUT2D eigenvalue weighted by molar-refractivity contribution is 5.86. The molecule has 0 radical (unpaired) electrons. The Morgan fingerprint density at radius 3 is 2.56 bits per heavy atom. The highest BCUT2D eigenvalue weighted by Gasteiger charge is 2.13. The molecule has 1 aliphatic rings. The lowest BCUT2D eigenvalue weighted by atomic mass is 9.90. The smallest absolute Gasteiger partial charge is 0.333 e. The quantitative estimate of drug-likeness (QED) is 0.397. The fourth-order valence-corrected chi connectivity index (χ4v) is 1.92. The van der Waals surface area contributed by atoms with Gasteiger partial charge < -0.3 is 9.47 Å². The van der Waals surface area contributed by atoms with E-state index >= 15 is 0 Å². The topological polar surface area (TPSA) is 35.5 Å². The lowest BCUT2D eigenvalue weighted by molar-refractivity contribution is -0.140. The molecule has 0 heterocycles. The summed E-state index contributed by atoms with van der Waals surface area (Å²) in [4.78, 5) is 11.0. The van der Waals surface area contributed by atoms with Gasteiger partial charge in [0.25, 0.3) is 0 Å². The summed E-state index contributed by atoms with van der Waals surface area (Å²) in [6.07, 6.45) is 6.60. The second-order valence-electron chi connectivity index (χ2n) is 4.50. The molecule has 0 unspecified atom stereocenters. The number of ether oxygens (including phenoxy) is 2. The molecule has 1 aliphatic carbocycles. The van der Waals surface area contributed by atoms with Gasteiger partial charge in [-0.25, -0.2) is 4.79 Å². The van der Waals surface area contributed by atoms with E-state index in [1.54, 1.807) is 6.92 Å². The second kappa shape index (κ2) is 7.44. The molecule has 0 N–H and O–H groups in total. The van der Waals surface area contributed by atoms with Crippen molar-refractivity contribution >= 4 is 5.97 Å². The van der Waals surface area contributed by atoms with E-state index in [9.17, 15) is 4.79 Å². The average molecular weight is 226 g/mol. The lowest BCUT2D eigenvalue weighted by Gasteiger charge is -2.21. The minimum absolute atomic E-state index is 0.332. The number of esters is 1. The van der Waals surface area contributed by atoms with E-state index in [1.165, 1.54) is 32.1 Å². The number of rotatable bonds is 6. The largest absolute Gasteiger partial charge is 0.460 e. The van der Waals surface area contributed by atoms with Gasteiger partial charge in [-0.05, 0) is 25.7 Å². The number of carbonyl (C=O) groups excluding carboxylic acids is 1. The highest BCUT2D eigenvalue weighted by Crippen LogP contribution is 2.23. The fourth-order valence-electron chi connectivity index (χ4n) is 1.92. The third kappa shape index (κ3) is 5.31. The van der Waals surface area contributed by atoms with E-state index in [2.05, 4.69) is 6.58 Å². The number of hydrogen-bond donors (Lipinski definition) is 0. The Balaban J connectivity index is 1.95. The molecule has 0 amide bonds. The maximum atomic E-state index is 11.0. The molecule has 0 aromatic carbocycles. The number of carbonyl (C=O) groups is 1. The first-order valence-corrected chi connectivity index (χ1v) is 6.10. The van der Waals surface area contributed by atoms with E-state index in [-0.39, 0.29) is 5.97 Å². The molecule has 1 fully saturated rings. The summed E-state index contributed by atoms with van der Waals surface area (Å²) < 4.78 is 10.4. The zero-order valence-electron chi connectivity index (χ0n) is 10.2. The van der Waals surface area contributed by atoms with Gasteiger partial charge >= 0.3 is 5.97 Å². The molecule has 3 nitrogen and oxygen atoms in total. The van der Waals surface area contributed by atoms with Crippen LogP contribution < -0.4 is 0 Å². The van der Waals surface area contributed by atoms with E-state index in [1.807, 2.05) is 0 Å². The SMILES string of the molecule is C=C(C)C(=O)OCCOCC1CCCCC1. The maximum Gasteiger partial charge on any atom is 0.333 e. The highest BCUT2D eigenvalue weighted by atomic mass is 16.6. The molecule has 3 heteroatoms. The van der Waals surface area contributed by atoms with Crippen LogP contribution in [0, 0.1) is 5.92 Å². The minimum atomic E-state index is -0.332. The average Bonchev–Trinajstić information content (AvgIpc) is 2.29. The van der Waals surface area contributed by atoms with Gasteiger partial charge in [-0.1, -0.05) is 25.8 Å².